The van der Waals surface area contributed by atoms with Gasteiger partial charge in [0.05, 0.1) is 7.11 Å². The van der Waals surface area contributed by atoms with Gasteiger partial charge in [-0.3, -0.25) is 14.5 Å². The van der Waals surface area contributed by atoms with E-state index >= 15 is 0 Å². The Labute approximate surface area is 184 Å². The van der Waals surface area contributed by atoms with Crippen molar-refractivity contribution >= 4 is 11.7 Å². The first kappa shape index (κ1) is 22.8. The van der Waals surface area contributed by atoms with Crippen molar-refractivity contribution in [3.63, 3.8) is 0 Å². The second-order valence-electron chi connectivity index (χ2n) is 8.32. The lowest BCUT2D eigenvalue weighted by atomic mass is 9.95. The number of amides is 1. The smallest absolute Gasteiger partial charge is 0.257 e. The summed E-state index contributed by atoms with van der Waals surface area (Å²) < 4.78 is 10.9. The minimum Gasteiger partial charge on any atom is -0.493 e. The van der Waals surface area contributed by atoms with Crippen LogP contribution >= 0.6 is 0 Å². The standard InChI is InChI=1S/C25H32N2O4/c1-17(2)22(27-12-11-19-7-5-6-8-21(19)15-27)14-26-25(29)16-31-23-10-9-20(18(3)28)13-24(23)30-4/h5-10,13,17,22H,11-12,14-16H2,1-4H3,(H,26,29)/t22-/m1/s1. The highest BCUT2D eigenvalue weighted by Crippen LogP contribution is 2.28. The van der Waals surface area contributed by atoms with E-state index in [9.17, 15) is 9.59 Å². The number of hydrogen-bond acceptors (Lipinski definition) is 5. The predicted octanol–water partition coefficient (Wildman–Crippen LogP) is 3.48. The van der Waals surface area contributed by atoms with Gasteiger partial charge in [0.2, 0.25) is 0 Å². The molecule has 1 aliphatic rings. The summed E-state index contributed by atoms with van der Waals surface area (Å²) >= 11 is 0. The van der Waals surface area contributed by atoms with Gasteiger partial charge < -0.3 is 14.8 Å². The van der Waals surface area contributed by atoms with Gasteiger partial charge in [-0.2, -0.15) is 0 Å². The zero-order valence-corrected chi connectivity index (χ0v) is 18.8. The van der Waals surface area contributed by atoms with Crippen LogP contribution in [-0.2, 0) is 17.8 Å². The first-order valence-corrected chi connectivity index (χ1v) is 10.8. The monoisotopic (exact) mass is 424 g/mol. The second kappa shape index (κ2) is 10.4. The van der Waals surface area contributed by atoms with Crippen LogP contribution in [-0.4, -0.2) is 49.4 Å². The lowest BCUT2D eigenvalue weighted by Crippen LogP contribution is -2.49. The summed E-state index contributed by atoms with van der Waals surface area (Å²) in [5, 5.41) is 3.02. The average Bonchev–Trinajstić information content (AvgIpc) is 2.77. The highest BCUT2D eigenvalue weighted by atomic mass is 16.5. The van der Waals surface area contributed by atoms with Crippen LogP contribution in [0.25, 0.3) is 0 Å². The van der Waals surface area contributed by atoms with Gasteiger partial charge in [-0.1, -0.05) is 38.1 Å². The lowest BCUT2D eigenvalue weighted by molar-refractivity contribution is -0.123. The van der Waals surface area contributed by atoms with Crippen molar-refractivity contribution in [2.45, 2.75) is 39.8 Å². The summed E-state index contributed by atoms with van der Waals surface area (Å²) in [7, 11) is 1.51. The fourth-order valence-corrected chi connectivity index (χ4v) is 4.01. The van der Waals surface area contributed by atoms with Gasteiger partial charge in [-0.25, -0.2) is 0 Å². The number of ketones is 1. The molecule has 0 saturated carbocycles. The summed E-state index contributed by atoms with van der Waals surface area (Å²) in [5.74, 6) is 1.05. The van der Waals surface area contributed by atoms with Crippen molar-refractivity contribution in [2.24, 2.45) is 5.92 Å². The first-order chi connectivity index (χ1) is 14.9. The Morgan fingerprint density at radius 2 is 1.84 bits per heavy atom. The Morgan fingerprint density at radius 3 is 2.52 bits per heavy atom. The number of hydrogen-bond donors (Lipinski definition) is 1. The van der Waals surface area contributed by atoms with Crippen LogP contribution in [0.4, 0.5) is 0 Å². The van der Waals surface area contributed by atoms with Gasteiger partial charge in [0, 0.05) is 31.2 Å². The number of rotatable bonds is 9. The summed E-state index contributed by atoms with van der Waals surface area (Å²) in [4.78, 5) is 26.4. The maximum Gasteiger partial charge on any atom is 0.257 e. The van der Waals surface area contributed by atoms with Crippen LogP contribution in [0, 0.1) is 5.92 Å². The molecule has 0 spiro atoms. The Bertz CT molecular complexity index is 925. The topological polar surface area (TPSA) is 67.9 Å². The molecule has 2 aromatic rings. The molecule has 166 valence electrons. The van der Waals surface area contributed by atoms with E-state index in [4.69, 9.17) is 9.47 Å². The third-order valence-electron chi connectivity index (χ3n) is 5.84. The average molecular weight is 425 g/mol. The van der Waals surface area contributed by atoms with Crippen LogP contribution in [0.3, 0.4) is 0 Å². The van der Waals surface area contributed by atoms with Crippen LogP contribution in [0.2, 0.25) is 0 Å². The number of fused-ring (bicyclic) bond motifs is 1. The number of benzene rings is 2. The highest BCUT2D eigenvalue weighted by molar-refractivity contribution is 5.94. The van der Waals surface area contributed by atoms with Gasteiger partial charge in [0.1, 0.15) is 0 Å². The number of ether oxygens (including phenoxy) is 2. The molecule has 0 fully saturated rings. The quantitative estimate of drug-likeness (QED) is 0.625. The van der Waals surface area contributed by atoms with E-state index in [1.807, 2.05) is 0 Å². The molecule has 2 aromatic carbocycles. The molecule has 1 amide bonds. The molecule has 1 N–H and O–H groups in total. The van der Waals surface area contributed by atoms with Crippen molar-refractivity contribution in [3.8, 4) is 11.5 Å². The number of nitrogens with zero attached hydrogens (tertiary/aromatic N) is 1. The third-order valence-corrected chi connectivity index (χ3v) is 5.84. The minimum absolute atomic E-state index is 0.0531. The highest BCUT2D eigenvalue weighted by Gasteiger charge is 2.26. The molecular formula is C25H32N2O4. The van der Waals surface area contributed by atoms with E-state index in [1.54, 1.807) is 18.2 Å². The van der Waals surface area contributed by atoms with Crippen molar-refractivity contribution in [2.75, 3.05) is 26.8 Å². The normalized spacial score (nSPS) is 14.6. The number of nitrogens with one attached hydrogen (secondary N) is 1. The molecule has 0 saturated heterocycles. The van der Waals surface area contributed by atoms with E-state index in [0.717, 1.165) is 19.5 Å². The molecule has 6 nitrogen and oxygen atoms in total. The summed E-state index contributed by atoms with van der Waals surface area (Å²) in [6.07, 6.45) is 1.03. The molecule has 6 heteroatoms. The van der Waals surface area contributed by atoms with E-state index in [0.29, 0.717) is 29.5 Å². The van der Waals surface area contributed by atoms with Gasteiger partial charge in [0.15, 0.2) is 23.9 Å². The Morgan fingerprint density at radius 1 is 1.10 bits per heavy atom. The molecule has 0 aromatic heterocycles. The molecule has 1 aliphatic heterocycles. The van der Waals surface area contributed by atoms with Crippen LogP contribution in [0.5, 0.6) is 11.5 Å². The molecule has 1 heterocycles. The van der Waals surface area contributed by atoms with Crippen LogP contribution in [0.15, 0.2) is 42.5 Å². The maximum absolute atomic E-state index is 12.4. The summed E-state index contributed by atoms with van der Waals surface area (Å²) in [5.41, 5.74) is 3.33. The molecule has 31 heavy (non-hydrogen) atoms. The lowest BCUT2D eigenvalue weighted by Gasteiger charge is -2.38. The molecular weight excluding hydrogens is 392 g/mol. The third kappa shape index (κ3) is 5.85. The Kier molecular flexibility index (Phi) is 7.69. The van der Waals surface area contributed by atoms with Gasteiger partial charge in [-0.15, -0.1) is 0 Å². The van der Waals surface area contributed by atoms with Crippen LogP contribution in [0.1, 0.15) is 42.3 Å². The number of carbonyl (C=O) groups excluding carboxylic acids is 2. The zero-order chi connectivity index (χ0) is 22.4. The van der Waals surface area contributed by atoms with E-state index < -0.39 is 0 Å². The molecule has 3 rings (SSSR count). The molecule has 1 atom stereocenters. The molecule has 0 bridgehead atoms. The summed E-state index contributed by atoms with van der Waals surface area (Å²) in [6, 6.07) is 13.8. The van der Waals surface area contributed by atoms with Crippen molar-refractivity contribution in [1.29, 1.82) is 0 Å². The summed E-state index contributed by atoms with van der Waals surface area (Å²) in [6.45, 7) is 8.24. The fourth-order valence-electron chi connectivity index (χ4n) is 4.01. The number of Topliss-reactive ketones (excluding diaryl/α,β-unsaturated/α-hetero) is 1. The van der Waals surface area contributed by atoms with Crippen LogP contribution < -0.4 is 14.8 Å². The zero-order valence-electron chi connectivity index (χ0n) is 18.8. The van der Waals surface area contributed by atoms with E-state index in [1.165, 1.54) is 25.2 Å². The Hall–Kier alpha value is -2.86. The van der Waals surface area contributed by atoms with E-state index in [-0.39, 0.29) is 24.3 Å². The minimum atomic E-state index is -0.180. The largest absolute Gasteiger partial charge is 0.493 e. The molecule has 0 aliphatic carbocycles. The SMILES string of the molecule is COc1cc(C(C)=O)ccc1OCC(=O)NC[C@H](C(C)C)N1CCc2ccccc2C1. The molecule has 0 unspecified atom stereocenters. The number of carbonyl (C=O) groups is 2. The second-order valence-corrected chi connectivity index (χ2v) is 8.32. The molecule has 0 radical (unpaired) electrons. The van der Waals surface area contributed by atoms with Crippen molar-refractivity contribution in [1.82, 2.24) is 10.2 Å². The van der Waals surface area contributed by atoms with Gasteiger partial charge in [-0.05, 0) is 48.6 Å². The van der Waals surface area contributed by atoms with Gasteiger partial charge in [0.25, 0.3) is 5.91 Å². The first-order valence-electron chi connectivity index (χ1n) is 10.8. The van der Waals surface area contributed by atoms with E-state index in [2.05, 4.69) is 48.3 Å². The number of methoxy groups -OCH3 is 1. The fraction of sp³-hybridized carbons (Fsp3) is 0.440. The maximum atomic E-state index is 12.4. The predicted molar refractivity (Wildman–Crippen MR) is 121 cm³/mol. The van der Waals surface area contributed by atoms with Crippen molar-refractivity contribution in [3.05, 3.63) is 59.2 Å². The Balaban J connectivity index is 1.55. The van der Waals surface area contributed by atoms with Gasteiger partial charge >= 0.3 is 0 Å². The van der Waals surface area contributed by atoms with Crippen molar-refractivity contribution < 1.29 is 19.1 Å².